The molecule has 0 saturated heterocycles. The summed E-state index contributed by atoms with van der Waals surface area (Å²) in [5.74, 6) is 1.03. The van der Waals surface area contributed by atoms with Crippen molar-refractivity contribution >= 4 is 16.8 Å². The molecular formula is C22H26N2O2. The normalized spacial score (nSPS) is 12.1. The summed E-state index contributed by atoms with van der Waals surface area (Å²) in [6.07, 6.45) is 4.58. The highest BCUT2D eigenvalue weighted by molar-refractivity contribution is 5.84. The Morgan fingerprint density at radius 2 is 1.92 bits per heavy atom. The van der Waals surface area contributed by atoms with Gasteiger partial charge < -0.3 is 15.0 Å². The Morgan fingerprint density at radius 3 is 2.65 bits per heavy atom. The van der Waals surface area contributed by atoms with Crippen LogP contribution in [0.5, 0.6) is 5.75 Å². The van der Waals surface area contributed by atoms with Crippen LogP contribution in [0.25, 0.3) is 10.9 Å². The summed E-state index contributed by atoms with van der Waals surface area (Å²) < 4.78 is 5.28. The number of fused-ring (bicyclic) bond motifs is 1. The number of carbonyl (C=O) groups excluding carboxylic acids is 1. The summed E-state index contributed by atoms with van der Waals surface area (Å²) in [6.45, 7) is 2.68. The minimum atomic E-state index is 0.0858. The average molecular weight is 350 g/mol. The first kappa shape index (κ1) is 18.1. The van der Waals surface area contributed by atoms with Crippen molar-refractivity contribution in [2.24, 2.45) is 0 Å². The predicted molar refractivity (Wildman–Crippen MR) is 106 cm³/mol. The molecule has 0 fully saturated rings. The van der Waals surface area contributed by atoms with Gasteiger partial charge in [0.1, 0.15) is 5.75 Å². The molecule has 0 bridgehead atoms. The van der Waals surface area contributed by atoms with E-state index >= 15 is 0 Å². The highest BCUT2D eigenvalue weighted by Gasteiger charge is 2.19. The van der Waals surface area contributed by atoms with Crippen molar-refractivity contribution < 1.29 is 9.53 Å². The van der Waals surface area contributed by atoms with E-state index in [4.69, 9.17) is 4.74 Å². The SMILES string of the molecule is CCCCC(=O)NC[C@@H](c1ccc(OC)cc1)c1c[nH]c2ccccc12. The summed E-state index contributed by atoms with van der Waals surface area (Å²) in [6, 6.07) is 16.3. The molecule has 3 rings (SSSR count). The third-order valence-electron chi connectivity index (χ3n) is 4.78. The number of nitrogens with one attached hydrogen (secondary N) is 2. The molecule has 1 aromatic heterocycles. The van der Waals surface area contributed by atoms with E-state index in [0.717, 1.165) is 29.7 Å². The van der Waals surface area contributed by atoms with Gasteiger partial charge in [0.2, 0.25) is 5.91 Å². The van der Waals surface area contributed by atoms with Gasteiger partial charge in [-0.05, 0) is 35.7 Å². The number of aromatic nitrogens is 1. The fourth-order valence-electron chi connectivity index (χ4n) is 3.27. The molecule has 2 aromatic carbocycles. The topological polar surface area (TPSA) is 54.1 Å². The molecule has 26 heavy (non-hydrogen) atoms. The zero-order chi connectivity index (χ0) is 18.4. The second-order valence-electron chi connectivity index (χ2n) is 6.52. The Balaban J connectivity index is 1.89. The number of hydrogen-bond acceptors (Lipinski definition) is 2. The number of benzene rings is 2. The van der Waals surface area contributed by atoms with E-state index in [0.29, 0.717) is 13.0 Å². The number of aromatic amines is 1. The third-order valence-corrected chi connectivity index (χ3v) is 4.78. The van der Waals surface area contributed by atoms with Crippen molar-refractivity contribution in [3.05, 3.63) is 65.9 Å². The van der Waals surface area contributed by atoms with Crippen molar-refractivity contribution in [1.29, 1.82) is 0 Å². The van der Waals surface area contributed by atoms with Gasteiger partial charge in [0.25, 0.3) is 0 Å². The Hall–Kier alpha value is -2.75. The molecule has 1 atom stereocenters. The number of ether oxygens (including phenoxy) is 1. The Morgan fingerprint density at radius 1 is 1.15 bits per heavy atom. The van der Waals surface area contributed by atoms with E-state index in [9.17, 15) is 4.79 Å². The first-order valence-corrected chi connectivity index (χ1v) is 9.19. The average Bonchev–Trinajstić information content (AvgIpc) is 3.11. The van der Waals surface area contributed by atoms with Crippen LogP contribution in [0.4, 0.5) is 0 Å². The lowest BCUT2D eigenvalue weighted by Crippen LogP contribution is -2.28. The molecular weight excluding hydrogens is 324 g/mol. The Bertz CT molecular complexity index is 852. The van der Waals surface area contributed by atoms with Gasteiger partial charge in [-0.1, -0.05) is 43.7 Å². The van der Waals surface area contributed by atoms with Crippen LogP contribution in [0, 0.1) is 0 Å². The highest BCUT2D eigenvalue weighted by Crippen LogP contribution is 2.31. The minimum absolute atomic E-state index is 0.0858. The number of para-hydroxylation sites is 1. The summed E-state index contributed by atoms with van der Waals surface area (Å²) >= 11 is 0. The fraction of sp³-hybridized carbons (Fsp3) is 0.318. The monoisotopic (exact) mass is 350 g/mol. The zero-order valence-electron chi connectivity index (χ0n) is 15.4. The van der Waals surface area contributed by atoms with E-state index in [2.05, 4.69) is 47.7 Å². The number of amides is 1. The maximum Gasteiger partial charge on any atom is 0.220 e. The molecule has 0 aliphatic heterocycles. The lowest BCUT2D eigenvalue weighted by atomic mass is 9.90. The number of unbranched alkanes of at least 4 members (excludes halogenated alkanes) is 1. The van der Waals surface area contributed by atoms with Gasteiger partial charge in [0.05, 0.1) is 7.11 Å². The van der Waals surface area contributed by atoms with Crippen LogP contribution < -0.4 is 10.1 Å². The van der Waals surface area contributed by atoms with Gasteiger partial charge in [-0.15, -0.1) is 0 Å². The summed E-state index contributed by atoms with van der Waals surface area (Å²) in [7, 11) is 1.67. The molecule has 1 amide bonds. The molecule has 136 valence electrons. The van der Waals surface area contributed by atoms with Crippen molar-refractivity contribution in [1.82, 2.24) is 10.3 Å². The molecule has 0 aliphatic rings. The molecule has 0 unspecified atom stereocenters. The van der Waals surface area contributed by atoms with Crippen LogP contribution in [-0.2, 0) is 4.79 Å². The third kappa shape index (κ3) is 4.07. The summed E-state index contributed by atoms with van der Waals surface area (Å²) in [5, 5.41) is 4.30. The number of rotatable bonds is 8. The van der Waals surface area contributed by atoms with Gasteiger partial charge in [0, 0.05) is 36.0 Å². The van der Waals surface area contributed by atoms with Crippen LogP contribution >= 0.6 is 0 Å². The van der Waals surface area contributed by atoms with E-state index in [-0.39, 0.29) is 11.8 Å². The Kier molecular flexibility index (Phi) is 5.95. The maximum absolute atomic E-state index is 12.1. The van der Waals surface area contributed by atoms with Gasteiger partial charge in [-0.3, -0.25) is 4.79 Å². The molecule has 1 heterocycles. The van der Waals surface area contributed by atoms with Crippen molar-refractivity contribution in [2.45, 2.75) is 32.1 Å². The van der Waals surface area contributed by atoms with Crippen LogP contribution in [0.15, 0.2) is 54.7 Å². The number of hydrogen-bond donors (Lipinski definition) is 2. The van der Waals surface area contributed by atoms with Gasteiger partial charge in [0.15, 0.2) is 0 Å². The summed E-state index contributed by atoms with van der Waals surface area (Å²) in [5.41, 5.74) is 3.46. The molecule has 4 nitrogen and oxygen atoms in total. The number of methoxy groups -OCH3 is 1. The van der Waals surface area contributed by atoms with Gasteiger partial charge in [-0.25, -0.2) is 0 Å². The molecule has 2 N–H and O–H groups in total. The molecule has 0 spiro atoms. The predicted octanol–water partition coefficient (Wildman–Crippen LogP) is 4.61. The summed E-state index contributed by atoms with van der Waals surface area (Å²) in [4.78, 5) is 15.5. The number of H-pyrrole nitrogens is 1. The van der Waals surface area contributed by atoms with Crippen LogP contribution in [0.1, 0.15) is 43.2 Å². The van der Waals surface area contributed by atoms with Crippen molar-refractivity contribution in [2.75, 3.05) is 13.7 Å². The van der Waals surface area contributed by atoms with Gasteiger partial charge in [-0.2, -0.15) is 0 Å². The zero-order valence-corrected chi connectivity index (χ0v) is 15.4. The number of carbonyl (C=O) groups is 1. The molecule has 0 radical (unpaired) electrons. The second-order valence-corrected chi connectivity index (χ2v) is 6.52. The standard InChI is InChI=1S/C22H26N2O2/c1-3-4-9-22(25)24-14-19(16-10-12-17(26-2)13-11-16)20-15-23-21-8-6-5-7-18(20)21/h5-8,10-13,15,19,23H,3-4,9,14H2,1-2H3,(H,24,25)/t19-/m0/s1. The molecule has 3 aromatic rings. The Labute approximate surface area is 154 Å². The smallest absolute Gasteiger partial charge is 0.220 e. The van der Waals surface area contributed by atoms with E-state index in [1.807, 2.05) is 24.3 Å². The first-order valence-electron chi connectivity index (χ1n) is 9.19. The first-order chi connectivity index (χ1) is 12.7. The van der Waals surface area contributed by atoms with E-state index in [1.165, 1.54) is 10.9 Å². The molecule has 0 saturated carbocycles. The lowest BCUT2D eigenvalue weighted by molar-refractivity contribution is -0.121. The molecule has 4 heteroatoms. The highest BCUT2D eigenvalue weighted by atomic mass is 16.5. The quantitative estimate of drug-likeness (QED) is 0.623. The lowest BCUT2D eigenvalue weighted by Gasteiger charge is -2.18. The fourth-order valence-corrected chi connectivity index (χ4v) is 3.27. The molecule has 0 aliphatic carbocycles. The van der Waals surface area contributed by atoms with Crippen molar-refractivity contribution in [3.8, 4) is 5.75 Å². The minimum Gasteiger partial charge on any atom is -0.497 e. The largest absolute Gasteiger partial charge is 0.497 e. The van der Waals surface area contributed by atoms with Crippen LogP contribution in [-0.4, -0.2) is 24.5 Å². The van der Waals surface area contributed by atoms with E-state index < -0.39 is 0 Å². The van der Waals surface area contributed by atoms with Gasteiger partial charge >= 0.3 is 0 Å². The second kappa shape index (κ2) is 8.56. The van der Waals surface area contributed by atoms with Crippen LogP contribution in [0.2, 0.25) is 0 Å². The van der Waals surface area contributed by atoms with Crippen LogP contribution in [0.3, 0.4) is 0 Å². The van der Waals surface area contributed by atoms with Crippen molar-refractivity contribution in [3.63, 3.8) is 0 Å². The maximum atomic E-state index is 12.1. The van der Waals surface area contributed by atoms with E-state index in [1.54, 1.807) is 7.11 Å².